The van der Waals surface area contributed by atoms with E-state index in [1.807, 2.05) is 6.07 Å². The van der Waals surface area contributed by atoms with Gasteiger partial charge < -0.3 is 5.32 Å². The molecule has 0 amide bonds. The minimum atomic E-state index is 0.178. The number of rotatable bonds is 3. The van der Waals surface area contributed by atoms with Gasteiger partial charge in [-0.2, -0.15) is 5.26 Å². The fraction of sp³-hybridized carbons (Fsp3) is 0.214. The van der Waals surface area contributed by atoms with Crippen molar-refractivity contribution in [1.82, 2.24) is 0 Å². The maximum atomic E-state index is 9.08. The molecule has 1 aromatic carbocycles. The molecule has 0 radical (unpaired) electrons. The van der Waals surface area contributed by atoms with Crippen molar-refractivity contribution >= 4 is 28.6 Å². The summed E-state index contributed by atoms with van der Waals surface area (Å²) in [5.41, 5.74) is 1.39. The lowest BCUT2D eigenvalue weighted by atomic mass is 10.1. The Hall–Kier alpha value is -1.50. The fourth-order valence-corrected chi connectivity index (χ4v) is 2.78. The van der Waals surface area contributed by atoms with Crippen molar-refractivity contribution in [3.8, 4) is 6.07 Å². The molecule has 2 rings (SSSR count). The van der Waals surface area contributed by atoms with E-state index >= 15 is 0 Å². The Morgan fingerprint density at radius 3 is 2.72 bits per heavy atom. The molecule has 0 aliphatic heterocycles. The number of halogens is 1. The largest absolute Gasteiger partial charge is 0.377 e. The van der Waals surface area contributed by atoms with Crippen LogP contribution >= 0.6 is 22.9 Å². The highest BCUT2D eigenvalue weighted by Gasteiger charge is 2.10. The summed E-state index contributed by atoms with van der Waals surface area (Å²) in [5.74, 6) is 0. The summed E-state index contributed by atoms with van der Waals surface area (Å²) in [6.45, 7) is 4.17. The van der Waals surface area contributed by atoms with E-state index in [1.165, 1.54) is 9.75 Å². The molecule has 1 unspecified atom stereocenters. The van der Waals surface area contributed by atoms with E-state index in [2.05, 4.69) is 37.4 Å². The van der Waals surface area contributed by atoms with E-state index in [4.69, 9.17) is 16.9 Å². The number of hydrogen-bond donors (Lipinski definition) is 1. The molecule has 18 heavy (non-hydrogen) atoms. The van der Waals surface area contributed by atoms with Crippen LogP contribution in [0.3, 0.4) is 0 Å². The topological polar surface area (TPSA) is 35.8 Å². The molecule has 0 aliphatic rings. The molecule has 1 aromatic heterocycles. The highest BCUT2D eigenvalue weighted by atomic mass is 35.5. The first-order valence-corrected chi connectivity index (χ1v) is 6.82. The average Bonchev–Trinajstić information content (AvgIpc) is 2.78. The lowest BCUT2D eigenvalue weighted by Crippen LogP contribution is -2.06. The van der Waals surface area contributed by atoms with Crippen LogP contribution in [0.2, 0.25) is 5.02 Å². The average molecular weight is 277 g/mol. The molecule has 0 saturated carbocycles. The molecular formula is C14H13ClN2S. The van der Waals surface area contributed by atoms with E-state index in [1.54, 1.807) is 23.5 Å². The van der Waals surface area contributed by atoms with Gasteiger partial charge in [0.25, 0.3) is 0 Å². The Bertz CT molecular complexity index is 598. The van der Waals surface area contributed by atoms with Gasteiger partial charge in [-0.05, 0) is 44.2 Å². The minimum Gasteiger partial charge on any atom is -0.377 e. The number of hydrogen-bond acceptors (Lipinski definition) is 3. The number of aryl methyl sites for hydroxylation is 1. The Balaban J connectivity index is 2.22. The maximum absolute atomic E-state index is 9.08. The number of thiophene rings is 1. The van der Waals surface area contributed by atoms with Crippen LogP contribution in [-0.2, 0) is 0 Å². The van der Waals surface area contributed by atoms with Crippen LogP contribution < -0.4 is 5.32 Å². The summed E-state index contributed by atoms with van der Waals surface area (Å²) in [7, 11) is 0. The van der Waals surface area contributed by atoms with Crippen molar-refractivity contribution in [2.45, 2.75) is 19.9 Å². The quantitative estimate of drug-likeness (QED) is 0.878. The predicted octanol–water partition coefficient (Wildman–Crippen LogP) is 4.75. The van der Waals surface area contributed by atoms with E-state index in [-0.39, 0.29) is 6.04 Å². The molecule has 1 heterocycles. The highest BCUT2D eigenvalue weighted by Crippen LogP contribution is 2.28. The molecule has 4 heteroatoms. The second kappa shape index (κ2) is 5.43. The summed E-state index contributed by atoms with van der Waals surface area (Å²) >= 11 is 7.64. The molecule has 2 nitrogen and oxygen atoms in total. The lowest BCUT2D eigenvalue weighted by Gasteiger charge is -2.15. The van der Waals surface area contributed by atoms with Crippen LogP contribution in [0.4, 0.5) is 5.69 Å². The Kier molecular flexibility index (Phi) is 3.90. The van der Waals surface area contributed by atoms with Crippen molar-refractivity contribution in [2.75, 3.05) is 5.32 Å². The smallest absolute Gasteiger partial charge is 0.101 e. The molecule has 92 valence electrons. The van der Waals surface area contributed by atoms with Crippen LogP contribution in [-0.4, -0.2) is 0 Å². The summed E-state index contributed by atoms with van der Waals surface area (Å²) in [4.78, 5) is 2.54. The van der Waals surface area contributed by atoms with Crippen molar-refractivity contribution in [3.63, 3.8) is 0 Å². The van der Waals surface area contributed by atoms with Gasteiger partial charge in [0.1, 0.15) is 6.07 Å². The number of nitrogens with zero attached hydrogens (tertiary/aromatic N) is 1. The standard InChI is InChI=1S/C14H13ClN2S/c1-9-3-6-14(18-9)10(2)17-13-5-4-12(15)7-11(13)8-16/h3-7,10,17H,1-2H3. The third-order valence-corrected chi connectivity index (χ3v) is 4.08. The summed E-state index contributed by atoms with van der Waals surface area (Å²) < 4.78 is 0. The normalized spacial score (nSPS) is 11.9. The third kappa shape index (κ3) is 2.84. The second-order valence-electron chi connectivity index (χ2n) is 4.12. The van der Waals surface area contributed by atoms with Crippen molar-refractivity contribution < 1.29 is 0 Å². The van der Waals surface area contributed by atoms with Gasteiger partial charge in [-0.15, -0.1) is 11.3 Å². The van der Waals surface area contributed by atoms with Gasteiger partial charge in [-0.25, -0.2) is 0 Å². The predicted molar refractivity (Wildman–Crippen MR) is 77.3 cm³/mol. The van der Waals surface area contributed by atoms with E-state index in [0.717, 1.165) is 5.69 Å². The van der Waals surface area contributed by atoms with Crippen LogP contribution in [0.1, 0.15) is 28.3 Å². The lowest BCUT2D eigenvalue weighted by molar-refractivity contribution is 0.907. The van der Waals surface area contributed by atoms with Gasteiger partial charge in [-0.1, -0.05) is 11.6 Å². The zero-order valence-corrected chi connectivity index (χ0v) is 11.8. The van der Waals surface area contributed by atoms with E-state index < -0.39 is 0 Å². The summed E-state index contributed by atoms with van der Waals surface area (Å²) in [6.07, 6.45) is 0. The molecule has 1 atom stereocenters. The van der Waals surface area contributed by atoms with Crippen molar-refractivity contribution in [1.29, 1.82) is 5.26 Å². The zero-order valence-electron chi connectivity index (χ0n) is 10.2. The van der Waals surface area contributed by atoms with Gasteiger partial charge in [0.2, 0.25) is 0 Å². The van der Waals surface area contributed by atoms with E-state index in [0.29, 0.717) is 10.6 Å². The SMILES string of the molecule is Cc1ccc(C(C)Nc2ccc(Cl)cc2C#N)s1. The van der Waals surface area contributed by atoms with Crippen LogP contribution in [0.5, 0.6) is 0 Å². The van der Waals surface area contributed by atoms with Crippen LogP contribution in [0.25, 0.3) is 0 Å². The Morgan fingerprint density at radius 1 is 1.33 bits per heavy atom. The molecular weight excluding hydrogens is 264 g/mol. The van der Waals surface area contributed by atoms with Crippen molar-refractivity contribution in [2.24, 2.45) is 0 Å². The van der Waals surface area contributed by atoms with E-state index in [9.17, 15) is 0 Å². The van der Waals surface area contributed by atoms with Crippen LogP contribution in [0.15, 0.2) is 30.3 Å². The number of benzene rings is 1. The summed E-state index contributed by atoms with van der Waals surface area (Å²) in [5, 5.41) is 13.0. The van der Waals surface area contributed by atoms with Crippen LogP contribution in [0, 0.1) is 18.3 Å². The Morgan fingerprint density at radius 2 is 2.11 bits per heavy atom. The molecule has 0 saturated heterocycles. The first-order chi connectivity index (χ1) is 8.60. The number of anilines is 1. The number of nitriles is 1. The zero-order chi connectivity index (χ0) is 13.1. The Labute approximate surface area is 116 Å². The highest BCUT2D eigenvalue weighted by molar-refractivity contribution is 7.12. The van der Waals surface area contributed by atoms with Gasteiger partial charge in [0.05, 0.1) is 17.3 Å². The van der Waals surface area contributed by atoms with Gasteiger partial charge in [0, 0.05) is 14.8 Å². The monoisotopic (exact) mass is 276 g/mol. The first-order valence-electron chi connectivity index (χ1n) is 5.62. The summed E-state index contributed by atoms with van der Waals surface area (Å²) in [6, 6.07) is 11.9. The first kappa shape index (κ1) is 12.9. The molecule has 0 aliphatic carbocycles. The number of nitrogens with one attached hydrogen (secondary N) is 1. The molecule has 0 spiro atoms. The molecule has 0 bridgehead atoms. The van der Waals surface area contributed by atoms with Crippen molar-refractivity contribution in [3.05, 3.63) is 50.7 Å². The maximum Gasteiger partial charge on any atom is 0.101 e. The molecule has 2 aromatic rings. The molecule has 0 fully saturated rings. The minimum absolute atomic E-state index is 0.178. The van der Waals surface area contributed by atoms with Gasteiger partial charge >= 0.3 is 0 Å². The fourth-order valence-electron chi connectivity index (χ4n) is 1.73. The van der Waals surface area contributed by atoms with Gasteiger partial charge in [0.15, 0.2) is 0 Å². The third-order valence-electron chi connectivity index (χ3n) is 2.66. The molecule has 1 N–H and O–H groups in total. The second-order valence-corrected chi connectivity index (χ2v) is 5.87. The van der Waals surface area contributed by atoms with Gasteiger partial charge in [-0.3, -0.25) is 0 Å².